The van der Waals surface area contributed by atoms with E-state index in [0.29, 0.717) is 0 Å². The van der Waals surface area contributed by atoms with Gasteiger partial charge in [0.15, 0.2) is 0 Å². The summed E-state index contributed by atoms with van der Waals surface area (Å²) in [4.78, 5) is 0. The Kier molecular flexibility index (Phi) is 3.06. The molecule has 1 rings (SSSR count). The van der Waals surface area contributed by atoms with Crippen LogP contribution in [0.3, 0.4) is 0 Å². The first kappa shape index (κ1) is 9.92. The zero-order chi connectivity index (χ0) is 9.30. The van der Waals surface area contributed by atoms with E-state index in [0.717, 1.165) is 0 Å². The molecule has 1 aliphatic rings. The summed E-state index contributed by atoms with van der Waals surface area (Å²) in [6.45, 7) is 3.32. The Morgan fingerprint density at radius 1 is 1.17 bits per heavy atom. The highest BCUT2D eigenvalue weighted by atomic mass is 16.5. The minimum Gasteiger partial charge on any atom is -0.394 e. The molecule has 0 bridgehead atoms. The standard InChI is InChI=1S/C8H16O4/c1-4-6(3-9)12-5(2)8(11)7(4)10/h4-11H,3H2,1-2H3/t4-,5-,6-,7+,8+/m1/s1. The number of aliphatic hydroxyl groups is 3. The fourth-order valence-electron chi connectivity index (χ4n) is 1.50. The van der Waals surface area contributed by atoms with Crippen LogP contribution in [-0.4, -0.2) is 46.3 Å². The van der Waals surface area contributed by atoms with Crippen molar-refractivity contribution in [2.75, 3.05) is 6.61 Å². The van der Waals surface area contributed by atoms with Crippen LogP contribution >= 0.6 is 0 Å². The van der Waals surface area contributed by atoms with E-state index in [1.54, 1.807) is 13.8 Å². The Morgan fingerprint density at radius 2 is 1.75 bits per heavy atom. The van der Waals surface area contributed by atoms with Gasteiger partial charge in [-0.15, -0.1) is 0 Å². The number of aliphatic hydroxyl groups excluding tert-OH is 3. The largest absolute Gasteiger partial charge is 0.394 e. The van der Waals surface area contributed by atoms with Crippen LogP contribution in [0.15, 0.2) is 0 Å². The van der Waals surface area contributed by atoms with Gasteiger partial charge in [-0.25, -0.2) is 0 Å². The Labute approximate surface area is 71.8 Å². The van der Waals surface area contributed by atoms with Gasteiger partial charge in [0.2, 0.25) is 0 Å². The second-order valence-corrected chi connectivity index (χ2v) is 3.40. The Morgan fingerprint density at radius 3 is 2.25 bits per heavy atom. The SMILES string of the molecule is C[C@H]1[C@H](O)[C@@H](O)[C@@H](C)O[C@@H]1CO. The van der Waals surface area contributed by atoms with Gasteiger partial charge in [0.05, 0.1) is 24.9 Å². The molecule has 4 heteroatoms. The first-order valence-corrected chi connectivity index (χ1v) is 4.20. The fourth-order valence-corrected chi connectivity index (χ4v) is 1.50. The summed E-state index contributed by atoms with van der Waals surface area (Å²) in [6, 6.07) is 0. The van der Waals surface area contributed by atoms with E-state index in [1.807, 2.05) is 0 Å². The number of hydrogen-bond donors (Lipinski definition) is 3. The third-order valence-electron chi connectivity index (χ3n) is 2.53. The highest BCUT2D eigenvalue weighted by molar-refractivity contribution is 4.87. The lowest BCUT2D eigenvalue weighted by Crippen LogP contribution is -2.53. The lowest BCUT2D eigenvalue weighted by molar-refractivity contribution is -0.198. The van der Waals surface area contributed by atoms with E-state index >= 15 is 0 Å². The number of ether oxygens (including phenoxy) is 1. The molecule has 0 amide bonds. The lowest BCUT2D eigenvalue weighted by Gasteiger charge is -2.39. The summed E-state index contributed by atoms with van der Waals surface area (Å²) in [6.07, 6.45) is -2.42. The lowest BCUT2D eigenvalue weighted by atomic mass is 9.89. The average Bonchev–Trinajstić information content (AvgIpc) is 2.08. The quantitative estimate of drug-likeness (QED) is 0.485. The molecule has 1 saturated heterocycles. The zero-order valence-electron chi connectivity index (χ0n) is 7.34. The van der Waals surface area contributed by atoms with Crippen molar-refractivity contribution in [3.63, 3.8) is 0 Å². The van der Waals surface area contributed by atoms with Gasteiger partial charge in [-0.1, -0.05) is 6.92 Å². The highest BCUT2D eigenvalue weighted by Gasteiger charge is 2.39. The van der Waals surface area contributed by atoms with Crippen molar-refractivity contribution in [3.8, 4) is 0 Å². The molecule has 3 N–H and O–H groups in total. The Balaban J connectivity index is 2.63. The van der Waals surface area contributed by atoms with Crippen LogP contribution in [0.2, 0.25) is 0 Å². The van der Waals surface area contributed by atoms with E-state index in [-0.39, 0.29) is 18.6 Å². The van der Waals surface area contributed by atoms with E-state index in [2.05, 4.69) is 0 Å². The Bertz CT molecular complexity index is 145. The molecule has 12 heavy (non-hydrogen) atoms. The van der Waals surface area contributed by atoms with Gasteiger partial charge >= 0.3 is 0 Å². The van der Waals surface area contributed by atoms with Gasteiger partial charge in [-0.3, -0.25) is 0 Å². The van der Waals surface area contributed by atoms with E-state index < -0.39 is 18.3 Å². The predicted octanol–water partition coefficient (Wildman–Crippen LogP) is -0.876. The topological polar surface area (TPSA) is 69.9 Å². The van der Waals surface area contributed by atoms with Crippen LogP contribution < -0.4 is 0 Å². The van der Waals surface area contributed by atoms with Crippen LogP contribution in [-0.2, 0) is 4.74 Å². The number of rotatable bonds is 1. The molecule has 0 aromatic rings. The smallest absolute Gasteiger partial charge is 0.106 e. The van der Waals surface area contributed by atoms with Crippen LogP contribution in [0.4, 0.5) is 0 Å². The molecule has 1 fully saturated rings. The average molecular weight is 176 g/mol. The van der Waals surface area contributed by atoms with Crippen LogP contribution in [0.5, 0.6) is 0 Å². The predicted molar refractivity (Wildman–Crippen MR) is 42.6 cm³/mol. The molecular weight excluding hydrogens is 160 g/mol. The summed E-state index contributed by atoms with van der Waals surface area (Å²) in [5.41, 5.74) is 0. The fraction of sp³-hybridized carbons (Fsp3) is 1.00. The minimum absolute atomic E-state index is 0.116. The minimum atomic E-state index is -0.845. The van der Waals surface area contributed by atoms with Gasteiger partial charge in [-0.2, -0.15) is 0 Å². The second kappa shape index (κ2) is 3.70. The molecule has 0 unspecified atom stereocenters. The summed E-state index contributed by atoms with van der Waals surface area (Å²) in [7, 11) is 0. The van der Waals surface area contributed by atoms with E-state index in [1.165, 1.54) is 0 Å². The molecule has 1 aliphatic heterocycles. The second-order valence-electron chi connectivity index (χ2n) is 3.40. The maximum absolute atomic E-state index is 9.48. The van der Waals surface area contributed by atoms with Crippen LogP contribution in [0, 0.1) is 5.92 Å². The summed E-state index contributed by atoms with van der Waals surface area (Å²) in [5.74, 6) is -0.221. The van der Waals surface area contributed by atoms with Crippen molar-refractivity contribution < 1.29 is 20.1 Å². The van der Waals surface area contributed by atoms with Gasteiger partial charge in [0.1, 0.15) is 6.10 Å². The summed E-state index contributed by atoms with van der Waals surface area (Å²) in [5, 5.41) is 27.7. The van der Waals surface area contributed by atoms with Crippen molar-refractivity contribution in [3.05, 3.63) is 0 Å². The molecule has 5 atom stereocenters. The molecule has 0 saturated carbocycles. The van der Waals surface area contributed by atoms with Gasteiger partial charge in [-0.05, 0) is 6.92 Å². The van der Waals surface area contributed by atoms with Gasteiger partial charge in [0, 0.05) is 5.92 Å². The molecular formula is C8H16O4. The van der Waals surface area contributed by atoms with Gasteiger partial charge < -0.3 is 20.1 Å². The molecule has 0 radical (unpaired) electrons. The molecule has 0 aliphatic carbocycles. The van der Waals surface area contributed by atoms with Crippen LogP contribution in [0.25, 0.3) is 0 Å². The highest BCUT2D eigenvalue weighted by Crippen LogP contribution is 2.25. The number of hydrogen-bond acceptors (Lipinski definition) is 4. The molecule has 0 aromatic heterocycles. The van der Waals surface area contributed by atoms with Crippen molar-refractivity contribution in [2.45, 2.75) is 38.3 Å². The maximum Gasteiger partial charge on any atom is 0.106 e. The van der Waals surface area contributed by atoms with Crippen molar-refractivity contribution >= 4 is 0 Å². The normalized spacial score (nSPS) is 49.2. The third-order valence-corrected chi connectivity index (χ3v) is 2.53. The van der Waals surface area contributed by atoms with E-state index in [4.69, 9.17) is 9.84 Å². The van der Waals surface area contributed by atoms with E-state index in [9.17, 15) is 10.2 Å². The third kappa shape index (κ3) is 1.61. The Hall–Kier alpha value is -0.160. The van der Waals surface area contributed by atoms with Gasteiger partial charge in [0.25, 0.3) is 0 Å². The molecule has 1 heterocycles. The van der Waals surface area contributed by atoms with Crippen LogP contribution in [0.1, 0.15) is 13.8 Å². The molecule has 0 aromatic carbocycles. The first-order valence-electron chi connectivity index (χ1n) is 4.20. The molecule has 72 valence electrons. The van der Waals surface area contributed by atoms with Crippen molar-refractivity contribution in [2.24, 2.45) is 5.92 Å². The van der Waals surface area contributed by atoms with Crippen molar-refractivity contribution in [1.29, 1.82) is 0 Å². The summed E-state index contributed by atoms with van der Waals surface area (Å²) >= 11 is 0. The maximum atomic E-state index is 9.48. The molecule has 0 spiro atoms. The van der Waals surface area contributed by atoms with Crippen molar-refractivity contribution in [1.82, 2.24) is 0 Å². The summed E-state index contributed by atoms with van der Waals surface area (Å²) < 4.78 is 5.27. The zero-order valence-corrected chi connectivity index (χ0v) is 7.34. The molecule has 4 nitrogen and oxygen atoms in total. The monoisotopic (exact) mass is 176 g/mol. The first-order chi connectivity index (χ1) is 5.57.